The third kappa shape index (κ3) is 4.43. The SMILES string of the molecule is CC[C@H](C)[C@H](CO)N1C(=O)[C@@H]2[C@@H]3C(=O)N(C)CC=C[C@@H]3S[C@@]23C=CCN(CCN2CCOCC2)C(=O)C13. The Morgan fingerprint density at radius 3 is 2.57 bits per heavy atom. The van der Waals surface area contributed by atoms with E-state index in [-0.39, 0.29) is 35.5 Å². The molecule has 0 aromatic heterocycles. The molecular formula is C27H40N4O5S. The van der Waals surface area contributed by atoms with Crippen molar-refractivity contribution in [2.75, 3.05) is 66.1 Å². The van der Waals surface area contributed by atoms with E-state index >= 15 is 0 Å². The Kier molecular flexibility index (Phi) is 7.73. The van der Waals surface area contributed by atoms with E-state index in [1.54, 1.807) is 28.6 Å². The highest BCUT2D eigenvalue weighted by molar-refractivity contribution is 8.02. The van der Waals surface area contributed by atoms with Gasteiger partial charge in [0.2, 0.25) is 17.7 Å². The predicted octanol–water partition coefficient (Wildman–Crippen LogP) is 0.450. The lowest BCUT2D eigenvalue weighted by atomic mass is 9.78. The summed E-state index contributed by atoms with van der Waals surface area (Å²) in [5, 5.41) is 10.3. The number of hydrogen-bond acceptors (Lipinski definition) is 7. The summed E-state index contributed by atoms with van der Waals surface area (Å²) in [6.45, 7) is 9.24. The molecule has 0 aromatic rings. The van der Waals surface area contributed by atoms with Crippen molar-refractivity contribution in [3.8, 4) is 0 Å². The molecule has 0 bridgehead atoms. The molecule has 3 fully saturated rings. The fourth-order valence-corrected chi connectivity index (χ4v) is 8.70. The number of ether oxygens (including phenoxy) is 1. The van der Waals surface area contributed by atoms with Crippen molar-refractivity contribution >= 4 is 29.5 Å². The van der Waals surface area contributed by atoms with Gasteiger partial charge in [0.05, 0.1) is 42.4 Å². The fraction of sp³-hybridized carbons (Fsp3) is 0.741. The molecule has 37 heavy (non-hydrogen) atoms. The minimum atomic E-state index is -0.837. The molecule has 1 N–H and O–H groups in total. The molecule has 5 rings (SSSR count). The van der Waals surface area contributed by atoms with Crippen molar-refractivity contribution in [1.29, 1.82) is 0 Å². The van der Waals surface area contributed by atoms with Crippen LogP contribution >= 0.6 is 11.8 Å². The van der Waals surface area contributed by atoms with Crippen LogP contribution in [-0.4, -0.2) is 131 Å². The van der Waals surface area contributed by atoms with Crippen molar-refractivity contribution < 1.29 is 24.2 Å². The first-order chi connectivity index (χ1) is 17.8. The summed E-state index contributed by atoms with van der Waals surface area (Å²) in [6.07, 6.45) is 8.90. The molecule has 9 nitrogen and oxygen atoms in total. The topological polar surface area (TPSA) is 93.6 Å². The maximum absolute atomic E-state index is 14.4. The summed E-state index contributed by atoms with van der Waals surface area (Å²) in [5.41, 5.74) is 0. The quantitative estimate of drug-likeness (QED) is 0.476. The normalized spacial score (nSPS) is 35.8. The van der Waals surface area contributed by atoms with Crippen LogP contribution in [0, 0.1) is 17.8 Å². The molecule has 0 saturated carbocycles. The zero-order valence-electron chi connectivity index (χ0n) is 22.1. The molecule has 0 aliphatic carbocycles. The largest absolute Gasteiger partial charge is 0.394 e. The lowest BCUT2D eigenvalue weighted by Crippen LogP contribution is -2.58. The molecule has 3 amide bonds. The van der Waals surface area contributed by atoms with E-state index in [0.717, 1.165) is 26.1 Å². The van der Waals surface area contributed by atoms with Gasteiger partial charge in [0, 0.05) is 51.6 Å². The zero-order valence-corrected chi connectivity index (χ0v) is 22.9. The van der Waals surface area contributed by atoms with E-state index < -0.39 is 28.7 Å². The van der Waals surface area contributed by atoms with Gasteiger partial charge in [-0.05, 0) is 5.92 Å². The molecular weight excluding hydrogens is 492 g/mol. The van der Waals surface area contributed by atoms with Gasteiger partial charge < -0.3 is 24.5 Å². The number of likely N-dealkylation sites (N-methyl/N-ethyl adjacent to an activating group) is 1. The van der Waals surface area contributed by atoms with Gasteiger partial charge in [0.1, 0.15) is 6.04 Å². The standard InChI is InChI=1S/C27H40N4O5S/c1-4-18(2)19(17-32)31-23-26(35)30(12-11-29-13-15-36-16-14-29)10-6-8-27(23)22(25(31)34)21-20(37-27)7-5-9-28(3)24(21)33/h5-8,18-23,32H,4,9-17H2,1-3H3/t18-,19-,20-,21+,22-,23?,27-/m0/s1. The number of likely N-dealkylation sites (tertiary alicyclic amines) is 1. The maximum atomic E-state index is 14.4. The number of carbonyl (C=O) groups excluding carboxylic acids is 3. The summed E-state index contributed by atoms with van der Waals surface area (Å²) in [7, 11) is 1.77. The minimum absolute atomic E-state index is 0.0138. The number of hydrogen-bond donors (Lipinski definition) is 1. The summed E-state index contributed by atoms with van der Waals surface area (Å²) in [4.78, 5) is 49.8. The lowest BCUT2D eigenvalue weighted by Gasteiger charge is -2.40. The molecule has 7 atom stereocenters. The highest BCUT2D eigenvalue weighted by Gasteiger charge is 2.71. The average molecular weight is 533 g/mol. The highest BCUT2D eigenvalue weighted by Crippen LogP contribution is 2.61. The summed E-state index contributed by atoms with van der Waals surface area (Å²) in [5.74, 6) is -1.44. The first kappa shape index (κ1) is 26.7. The molecule has 3 saturated heterocycles. The second kappa shape index (κ2) is 10.7. The van der Waals surface area contributed by atoms with E-state index in [4.69, 9.17) is 4.74 Å². The molecule has 1 spiro atoms. The molecule has 204 valence electrons. The van der Waals surface area contributed by atoms with Gasteiger partial charge in [0.15, 0.2) is 0 Å². The number of rotatable bonds is 7. The number of carbonyl (C=O) groups is 3. The Morgan fingerprint density at radius 2 is 1.86 bits per heavy atom. The third-order valence-electron chi connectivity index (χ3n) is 9.02. The Hall–Kier alpha value is -1.88. The molecule has 0 aromatic carbocycles. The molecule has 5 aliphatic rings. The molecule has 5 aliphatic heterocycles. The van der Waals surface area contributed by atoms with Crippen LogP contribution in [0.15, 0.2) is 24.3 Å². The van der Waals surface area contributed by atoms with E-state index in [9.17, 15) is 19.5 Å². The van der Waals surface area contributed by atoms with Crippen LogP contribution in [0.2, 0.25) is 0 Å². The number of thioether (sulfide) groups is 1. The van der Waals surface area contributed by atoms with Crippen molar-refractivity contribution in [1.82, 2.24) is 19.6 Å². The number of aliphatic hydroxyl groups excluding tert-OH is 1. The highest BCUT2D eigenvalue weighted by atomic mass is 32.2. The summed E-state index contributed by atoms with van der Waals surface area (Å²) >= 11 is 1.60. The van der Waals surface area contributed by atoms with Gasteiger partial charge in [-0.3, -0.25) is 19.3 Å². The average Bonchev–Trinajstić information content (AvgIpc) is 3.23. The van der Waals surface area contributed by atoms with Crippen LogP contribution < -0.4 is 0 Å². The Bertz CT molecular complexity index is 968. The predicted molar refractivity (Wildman–Crippen MR) is 142 cm³/mol. The Balaban J connectivity index is 1.53. The second-order valence-electron chi connectivity index (χ2n) is 11.0. The van der Waals surface area contributed by atoms with Gasteiger partial charge in [-0.15, -0.1) is 11.8 Å². The van der Waals surface area contributed by atoms with Crippen molar-refractivity contribution in [3.63, 3.8) is 0 Å². The maximum Gasteiger partial charge on any atom is 0.247 e. The number of fused-ring (bicyclic) bond motifs is 2. The molecule has 0 radical (unpaired) electrons. The van der Waals surface area contributed by atoms with Gasteiger partial charge in [-0.2, -0.15) is 0 Å². The first-order valence-electron chi connectivity index (χ1n) is 13.6. The van der Waals surface area contributed by atoms with Crippen molar-refractivity contribution in [2.24, 2.45) is 17.8 Å². The van der Waals surface area contributed by atoms with Crippen LogP contribution in [0.25, 0.3) is 0 Å². The van der Waals surface area contributed by atoms with Gasteiger partial charge in [-0.1, -0.05) is 44.6 Å². The van der Waals surface area contributed by atoms with Crippen molar-refractivity contribution in [2.45, 2.75) is 42.3 Å². The van der Waals surface area contributed by atoms with Crippen LogP contribution in [0.1, 0.15) is 20.3 Å². The smallest absolute Gasteiger partial charge is 0.247 e. The Labute approximate surface area is 223 Å². The van der Waals surface area contributed by atoms with Crippen LogP contribution in [-0.2, 0) is 19.1 Å². The number of nitrogens with zero attached hydrogens (tertiary/aromatic N) is 4. The third-order valence-corrected chi connectivity index (χ3v) is 10.8. The second-order valence-corrected chi connectivity index (χ2v) is 12.5. The van der Waals surface area contributed by atoms with Crippen molar-refractivity contribution in [3.05, 3.63) is 24.3 Å². The van der Waals surface area contributed by atoms with Gasteiger partial charge in [0.25, 0.3) is 0 Å². The number of aliphatic hydroxyl groups is 1. The molecule has 1 unspecified atom stereocenters. The molecule has 10 heteroatoms. The zero-order chi connectivity index (χ0) is 26.3. The monoisotopic (exact) mass is 532 g/mol. The number of morpholine rings is 1. The molecule has 5 heterocycles. The Morgan fingerprint density at radius 1 is 1.11 bits per heavy atom. The minimum Gasteiger partial charge on any atom is -0.394 e. The fourth-order valence-electron chi connectivity index (χ4n) is 6.71. The van der Waals surface area contributed by atoms with E-state index in [0.29, 0.717) is 32.8 Å². The first-order valence-corrected chi connectivity index (χ1v) is 14.5. The summed E-state index contributed by atoms with van der Waals surface area (Å²) in [6, 6.07) is -1.22. The van der Waals surface area contributed by atoms with Gasteiger partial charge >= 0.3 is 0 Å². The van der Waals surface area contributed by atoms with E-state index in [2.05, 4.69) is 17.1 Å². The number of amides is 3. The van der Waals surface area contributed by atoms with Gasteiger partial charge in [-0.25, -0.2) is 0 Å². The van der Waals surface area contributed by atoms with E-state index in [1.165, 1.54) is 0 Å². The van der Waals surface area contributed by atoms with Crippen LogP contribution in [0.3, 0.4) is 0 Å². The summed E-state index contributed by atoms with van der Waals surface area (Å²) < 4.78 is 4.63. The van der Waals surface area contributed by atoms with Crippen LogP contribution in [0.5, 0.6) is 0 Å². The van der Waals surface area contributed by atoms with E-state index in [1.807, 2.05) is 30.9 Å². The van der Waals surface area contributed by atoms with Crippen LogP contribution in [0.4, 0.5) is 0 Å². The lowest BCUT2D eigenvalue weighted by molar-refractivity contribution is -0.147.